The summed E-state index contributed by atoms with van der Waals surface area (Å²) in [5, 5.41) is 3.08. The number of methoxy groups -OCH3 is 1. The molecule has 1 saturated carbocycles. The van der Waals surface area contributed by atoms with E-state index in [1.165, 1.54) is 20.0 Å². The van der Waals surface area contributed by atoms with Gasteiger partial charge in [0, 0.05) is 31.1 Å². The molecule has 120 valence electrons. The number of nitrogens with zero attached hydrogens (tertiary/aromatic N) is 1. The first-order valence-electron chi connectivity index (χ1n) is 8.03. The van der Waals surface area contributed by atoms with E-state index in [1.807, 2.05) is 13.8 Å². The summed E-state index contributed by atoms with van der Waals surface area (Å²) in [6, 6.07) is 0.611. The highest BCUT2D eigenvalue weighted by atomic mass is 16.5. The zero-order valence-electron chi connectivity index (χ0n) is 13.6. The Balaban J connectivity index is 1.99. The highest BCUT2D eigenvalue weighted by Crippen LogP contribution is 2.34. The van der Waals surface area contributed by atoms with Gasteiger partial charge in [-0.2, -0.15) is 0 Å². The topological polar surface area (TPSA) is 58.6 Å². The monoisotopic (exact) mass is 296 g/mol. The molecule has 1 N–H and O–H groups in total. The van der Waals surface area contributed by atoms with Crippen molar-refractivity contribution >= 4 is 11.9 Å². The normalized spacial score (nSPS) is 33.4. The lowest BCUT2D eigenvalue weighted by atomic mass is 9.79. The van der Waals surface area contributed by atoms with Crippen molar-refractivity contribution in [3.05, 3.63) is 0 Å². The van der Waals surface area contributed by atoms with E-state index in [0.29, 0.717) is 12.5 Å². The molecule has 0 bridgehead atoms. The first kappa shape index (κ1) is 16.3. The molecule has 5 heteroatoms. The molecule has 0 aromatic rings. The standard InChI is InChI=1S/C16H28N2O3/c1-10(2)15(19)17-13-7-12(16(20)21-4)8-18(9-13)14-5-11(3)6-14/h10-14H,5-9H2,1-4H3,(H,17,19). The molecule has 1 amide bonds. The number of hydrogen-bond acceptors (Lipinski definition) is 4. The Morgan fingerprint density at radius 1 is 1.19 bits per heavy atom. The molecule has 2 fully saturated rings. The number of likely N-dealkylation sites (tertiary alicyclic amines) is 1. The van der Waals surface area contributed by atoms with Gasteiger partial charge in [-0.3, -0.25) is 14.5 Å². The third-order valence-electron chi connectivity index (χ3n) is 4.75. The van der Waals surface area contributed by atoms with Crippen LogP contribution >= 0.6 is 0 Å². The second-order valence-corrected chi connectivity index (χ2v) is 7.00. The van der Waals surface area contributed by atoms with Crippen LogP contribution in [0.4, 0.5) is 0 Å². The van der Waals surface area contributed by atoms with Gasteiger partial charge in [0.2, 0.25) is 5.91 Å². The zero-order chi connectivity index (χ0) is 15.6. The van der Waals surface area contributed by atoms with Gasteiger partial charge in [0.05, 0.1) is 13.0 Å². The molecule has 21 heavy (non-hydrogen) atoms. The molecule has 5 nitrogen and oxygen atoms in total. The SMILES string of the molecule is COC(=O)C1CC(NC(=O)C(C)C)CN(C2CC(C)C2)C1. The molecule has 1 saturated heterocycles. The molecule has 2 atom stereocenters. The van der Waals surface area contributed by atoms with Gasteiger partial charge in [0.1, 0.15) is 0 Å². The third kappa shape index (κ3) is 3.96. The van der Waals surface area contributed by atoms with Crippen molar-refractivity contribution in [2.75, 3.05) is 20.2 Å². The third-order valence-corrected chi connectivity index (χ3v) is 4.75. The van der Waals surface area contributed by atoms with E-state index >= 15 is 0 Å². The summed E-state index contributed by atoms with van der Waals surface area (Å²) in [6.45, 7) is 7.65. The summed E-state index contributed by atoms with van der Waals surface area (Å²) in [6.07, 6.45) is 3.07. The van der Waals surface area contributed by atoms with E-state index < -0.39 is 0 Å². The molecule has 2 unspecified atom stereocenters. The molecule has 0 aromatic carbocycles. The largest absolute Gasteiger partial charge is 0.469 e. The highest BCUT2D eigenvalue weighted by Gasteiger charge is 2.39. The predicted octanol–water partition coefficient (Wildman–Crippen LogP) is 1.42. The Bertz CT molecular complexity index is 391. The Morgan fingerprint density at radius 2 is 1.86 bits per heavy atom. The Hall–Kier alpha value is -1.10. The maximum Gasteiger partial charge on any atom is 0.310 e. The molecular weight excluding hydrogens is 268 g/mol. The van der Waals surface area contributed by atoms with Crippen LogP contribution in [0, 0.1) is 17.8 Å². The van der Waals surface area contributed by atoms with Crippen LogP contribution in [0.2, 0.25) is 0 Å². The lowest BCUT2D eigenvalue weighted by Crippen LogP contribution is -2.57. The number of carbonyl (C=O) groups is 2. The van der Waals surface area contributed by atoms with E-state index in [-0.39, 0.29) is 29.8 Å². The first-order chi connectivity index (χ1) is 9.90. The fourth-order valence-electron chi connectivity index (χ4n) is 3.40. The van der Waals surface area contributed by atoms with Crippen molar-refractivity contribution in [3.63, 3.8) is 0 Å². The van der Waals surface area contributed by atoms with Crippen LogP contribution < -0.4 is 5.32 Å². The van der Waals surface area contributed by atoms with Crippen LogP contribution in [-0.2, 0) is 14.3 Å². The maximum absolute atomic E-state index is 11.9. The molecule has 2 aliphatic rings. The van der Waals surface area contributed by atoms with Crippen molar-refractivity contribution in [2.24, 2.45) is 17.8 Å². The van der Waals surface area contributed by atoms with Crippen molar-refractivity contribution in [1.82, 2.24) is 10.2 Å². The van der Waals surface area contributed by atoms with E-state index in [0.717, 1.165) is 19.0 Å². The number of hydrogen-bond donors (Lipinski definition) is 1. The lowest BCUT2D eigenvalue weighted by molar-refractivity contribution is -0.149. The summed E-state index contributed by atoms with van der Waals surface area (Å²) in [4.78, 5) is 26.2. The summed E-state index contributed by atoms with van der Waals surface area (Å²) < 4.78 is 4.91. The zero-order valence-corrected chi connectivity index (χ0v) is 13.6. The van der Waals surface area contributed by atoms with E-state index in [1.54, 1.807) is 0 Å². The first-order valence-corrected chi connectivity index (χ1v) is 8.03. The Kier molecular flexibility index (Phi) is 5.25. The molecule has 1 aliphatic heterocycles. The van der Waals surface area contributed by atoms with Crippen molar-refractivity contribution in [2.45, 2.75) is 52.1 Å². The Labute approximate surface area is 127 Å². The van der Waals surface area contributed by atoms with Crippen LogP contribution in [0.15, 0.2) is 0 Å². The maximum atomic E-state index is 11.9. The molecule has 0 spiro atoms. The second kappa shape index (κ2) is 6.77. The van der Waals surface area contributed by atoms with Crippen LogP contribution in [-0.4, -0.2) is 49.1 Å². The summed E-state index contributed by atoms with van der Waals surface area (Å²) >= 11 is 0. The molecular formula is C16H28N2O3. The van der Waals surface area contributed by atoms with Gasteiger partial charge in [-0.1, -0.05) is 20.8 Å². The molecule has 2 rings (SSSR count). The van der Waals surface area contributed by atoms with Crippen LogP contribution in [0.25, 0.3) is 0 Å². The van der Waals surface area contributed by atoms with Crippen LogP contribution in [0.5, 0.6) is 0 Å². The minimum absolute atomic E-state index is 0.0271. The molecule has 1 aliphatic carbocycles. The van der Waals surface area contributed by atoms with Gasteiger partial charge in [0.15, 0.2) is 0 Å². The van der Waals surface area contributed by atoms with Crippen molar-refractivity contribution in [1.29, 1.82) is 0 Å². The minimum atomic E-state index is -0.157. The van der Waals surface area contributed by atoms with Crippen LogP contribution in [0.1, 0.15) is 40.0 Å². The van der Waals surface area contributed by atoms with Crippen LogP contribution in [0.3, 0.4) is 0 Å². The van der Waals surface area contributed by atoms with E-state index in [9.17, 15) is 9.59 Å². The summed E-state index contributed by atoms with van der Waals surface area (Å²) in [7, 11) is 1.44. The molecule has 1 heterocycles. The molecule has 0 radical (unpaired) electrons. The quantitative estimate of drug-likeness (QED) is 0.797. The fraction of sp³-hybridized carbons (Fsp3) is 0.875. The molecule has 0 aromatic heterocycles. The van der Waals surface area contributed by atoms with Gasteiger partial charge < -0.3 is 10.1 Å². The van der Waals surface area contributed by atoms with Gasteiger partial charge in [-0.25, -0.2) is 0 Å². The number of ether oxygens (including phenoxy) is 1. The summed E-state index contributed by atoms with van der Waals surface area (Å²) in [5.41, 5.74) is 0. The minimum Gasteiger partial charge on any atom is -0.469 e. The number of nitrogens with one attached hydrogen (secondary N) is 1. The number of piperidine rings is 1. The number of rotatable bonds is 4. The predicted molar refractivity (Wildman–Crippen MR) is 80.7 cm³/mol. The number of carbonyl (C=O) groups excluding carboxylic acids is 2. The Morgan fingerprint density at radius 3 is 2.38 bits per heavy atom. The lowest BCUT2D eigenvalue weighted by Gasteiger charge is -2.47. The average molecular weight is 296 g/mol. The highest BCUT2D eigenvalue weighted by molar-refractivity contribution is 5.78. The van der Waals surface area contributed by atoms with E-state index in [4.69, 9.17) is 4.74 Å². The number of esters is 1. The van der Waals surface area contributed by atoms with Crippen molar-refractivity contribution < 1.29 is 14.3 Å². The number of amides is 1. The smallest absolute Gasteiger partial charge is 0.310 e. The second-order valence-electron chi connectivity index (χ2n) is 7.00. The fourth-order valence-corrected chi connectivity index (χ4v) is 3.40. The van der Waals surface area contributed by atoms with Gasteiger partial charge in [0.25, 0.3) is 0 Å². The van der Waals surface area contributed by atoms with Crippen molar-refractivity contribution in [3.8, 4) is 0 Å². The summed E-state index contributed by atoms with van der Waals surface area (Å²) in [5.74, 6) is 0.526. The van der Waals surface area contributed by atoms with Gasteiger partial charge in [-0.05, 0) is 25.2 Å². The average Bonchev–Trinajstić information content (AvgIpc) is 2.42. The van der Waals surface area contributed by atoms with Gasteiger partial charge in [-0.15, -0.1) is 0 Å². The van der Waals surface area contributed by atoms with E-state index in [2.05, 4.69) is 17.1 Å². The van der Waals surface area contributed by atoms with Gasteiger partial charge >= 0.3 is 5.97 Å².